The Balaban J connectivity index is 3.02. The monoisotopic (exact) mass is 194 g/mol. The second kappa shape index (κ2) is 4.86. The van der Waals surface area contributed by atoms with Crippen molar-refractivity contribution < 1.29 is 14.3 Å². The zero-order valence-electron chi connectivity index (χ0n) is 7.61. The molecule has 5 heteroatoms. The lowest BCUT2D eigenvalue weighted by atomic mass is 10.2. The standard InChI is InChI=1S/C9H10N2O3/c1-14-7-2-3-8(10-5-12)9(4-7)11-6-13/h2-6H,1H3,(H,10,12)(H,11,13). The summed E-state index contributed by atoms with van der Waals surface area (Å²) in [6.07, 6.45) is 1.07. The largest absolute Gasteiger partial charge is 0.497 e. The molecule has 14 heavy (non-hydrogen) atoms. The van der Waals surface area contributed by atoms with Crippen LogP contribution in [0.2, 0.25) is 0 Å². The number of nitrogens with one attached hydrogen (secondary N) is 2. The van der Waals surface area contributed by atoms with E-state index < -0.39 is 0 Å². The first-order valence-corrected chi connectivity index (χ1v) is 3.90. The van der Waals surface area contributed by atoms with Crippen LogP contribution in [0.4, 0.5) is 11.4 Å². The molecule has 2 amide bonds. The fraction of sp³-hybridized carbons (Fsp3) is 0.111. The van der Waals surface area contributed by atoms with E-state index in [1.807, 2.05) is 0 Å². The Kier molecular flexibility index (Phi) is 3.49. The number of carbonyl (C=O) groups excluding carboxylic acids is 2. The van der Waals surface area contributed by atoms with Gasteiger partial charge >= 0.3 is 0 Å². The summed E-state index contributed by atoms with van der Waals surface area (Å²) in [7, 11) is 1.52. The molecule has 5 nitrogen and oxygen atoms in total. The summed E-state index contributed by atoms with van der Waals surface area (Å²) in [6, 6.07) is 4.93. The van der Waals surface area contributed by atoms with Gasteiger partial charge in [-0.15, -0.1) is 0 Å². The average molecular weight is 194 g/mol. The van der Waals surface area contributed by atoms with E-state index in [9.17, 15) is 9.59 Å². The van der Waals surface area contributed by atoms with Crippen molar-refractivity contribution in [1.82, 2.24) is 0 Å². The SMILES string of the molecule is COc1ccc(NC=O)c(NC=O)c1. The minimum absolute atomic E-state index is 0.492. The molecule has 0 unspecified atom stereocenters. The van der Waals surface area contributed by atoms with Crippen molar-refractivity contribution in [3.8, 4) is 5.75 Å². The van der Waals surface area contributed by atoms with E-state index >= 15 is 0 Å². The molecule has 0 fully saturated rings. The van der Waals surface area contributed by atoms with Crippen LogP contribution in [0.3, 0.4) is 0 Å². The number of hydrogen-bond donors (Lipinski definition) is 2. The highest BCUT2D eigenvalue weighted by atomic mass is 16.5. The third-order valence-electron chi connectivity index (χ3n) is 1.66. The first-order chi connectivity index (χ1) is 6.81. The average Bonchev–Trinajstić information content (AvgIpc) is 2.21. The Morgan fingerprint density at radius 3 is 2.36 bits per heavy atom. The molecule has 0 heterocycles. The Morgan fingerprint density at radius 2 is 1.79 bits per heavy atom. The quantitative estimate of drug-likeness (QED) is 0.682. The van der Waals surface area contributed by atoms with Gasteiger partial charge in [0.05, 0.1) is 18.5 Å². The minimum atomic E-state index is 0.492. The lowest BCUT2D eigenvalue weighted by molar-refractivity contribution is -0.106. The first kappa shape index (κ1) is 10.0. The van der Waals surface area contributed by atoms with Crippen molar-refractivity contribution >= 4 is 24.2 Å². The molecule has 1 rings (SSSR count). The molecule has 0 bridgehead atoms. The zero-order valence-corrected chi connectivity index (χ0v) is 7.61. The normalized spacial score (nSPS) is 8.93. The third kappa shape index (κ3) is 2.22. The Hall–Kier alpha value is -2.04. The van der Waals surface area contributed by atoms with Crippen LogP contribution < -0.4 is 15.4 Å². The molecule has 0 aliphatic carbocycles. The van der Waals surface area contributed by atoms with Crippen molar-refractivity contribution in [2.45, 2.75) is 0 Å². The van der Waals surface area contributed by atoms with E-state index in [2.05, 4.69) is 10.6 Å². The highest BCUT2D eigenvalue weighted by Crippen LogP contribution is 2.25. The molecule has 74 valence electrons. The number of rotatable bonds is 5. The van der Waals surface area contributed by atoms with E-state index in [4.69, 9.17) is 4.74 Å². The van der Waals surface area contributed by atoms with Crippen LogP contribution in [0.25, 0.3) is 0 Å². The smallest absolute Gasteiger partial charge is 0.211 e. The van der Waals surface area contributed by atoms with Crippen LogP contribution in [-0.4, -0.2) is 19.9 Å². The van der Waals surface area contributed by atoms with Gasteiger partial charge in [-0.3, -0.25) is 9.59 Å². The van der Waals surface area contributed by atoms with Gasteiger partial charge in [0.15, 0.2) is 0 Å². The summed E-state index contributed by atoms with van der Waals surface area (Å²) in [5.74, 6) is 0.603. The number of benzene rings is 1. The van der Waals surface area contributed by atoms with Gasteiger partial charge in [0.25, 0.3) is 0 Å². The molecule has 0 aromatic heterocycles. The van der Waals surface area contributed by atoms with E-state index in [1.165, 1.54) is 7.11 Å². The molecule has 0 saturated carbocycles. The Bertz CT molecular complexity index is 339. The van der Waals surface area contributed by atoms with Gasteiger partial charge in [0.2, 0.25) is 12.8 Å². The van der Waals surface area contributed by atoms with Gasteiger partial charge in [-0.2, -0.15) is 0 Å². The molecular formula is C9H10N2O3. The van der Waals surface area contributed by atoms with Gasteiger partial charge in [-0.25, -0.2) is 0 Å². The van der Waals surface area contributed by atoms with Crippen LogP contribution in [0, 0.1) is 0 Å². The number of ether oxygens (including phenoxy) is 1. The molecule has 1 aromatic carbocycles. The predicted molar refractivity (Wildman–Crippen MR) is 52.4 cm³/mol. The van der Waals surface area contributed by atoms with Gasteiger partial charge in [-0.1, -0.05) is 0 Å². The van der Waals surface area contributed by atoms with E-state index in [-0.39, 0.29) is 0 Å². The zero-order chi connectivity index (χ0) is 10.4. The second-order valence-corrected chi connectivity index (χ2v) is 2.44. The lowest BCUT2D eigenvalue weighted by Gasteiger charge is -2.08. The van der Waals surface area contributed by atoms with Gasteiger partial charge < -0.3 is 15.4 Å². The second-order valence-electron chi connectivity index (χ2n) is 2.44. The fourth-order valence-corrected chi connectivity index (χ4v) is 1.02. The van der Waals surface area contributed by atoms with Crippen LogP contribution >= 0.6 is 0 Å². The fourth-order valence-electron chi connectivity index (χ4n) is 1.02. The highest BCUT2D eigenvalue weighted by molar-refractivity contribution is 5.87. The summed E-state index contributed by atoms with van der Waals surface area (Å²) in [5.41, 5.74) is 1.01. The maximum atomic E-state index is 10.3. The van der Waals surface area contributed by atoms with Gasteiger partial charge in [0.1, 0.15) is 5.75 Å². The summed E-state index contributed by atoms with van der Waals surface area (Å²) in [5, 5.41) is 4.91. The number of amides is 2. The van der Waals surface area contributed by atoms with E-state index in [0.717, 1.165) is 0 Å². The lowest BCUT2D eigenvalue weighted by Crippen LogP contribution is -2.01. The molecule has 0 atom stereocenters. The van der Waals surface area contributed by atoms with E-state index in [0.29, 0.717) is 29.9 Å². The summed E-state index contributed by atoms with van der Waals surface area (Å²) >= 11 is 0. The molecule has 2 N–H and O–H groups in total. The van der Waals surface area contributed by atoms with Gasteiger partial charge in [0, 0.05) is 6.07 Å². The maximum absolute atomic E-state index is 10.3. The molecule has 0 radical (unpaired) electrons. The number of methoxy groups -OCH3 is 1. The van der Waals surface area contributed by atoms with Crippen LogP contribution in [0.5, 0.6) is 5.75 Å². The molecule has 1 aromatic rings. The summed E-state index contributed by atoms with van der Waals surface area (Å²) in [6.45, 7) is 0. The van der Waals surface area contributed by atoms with Crippen LogP contribution in [0.15, 0.2) is 18.2 Å². The van der Waals surface area contributed by atoms with E-state index in [1.54, 1.807) is 18.2 Å². The number of carbonyl (C=O) groups is 2. The van der Waals surface area contributed by atoms with Crippen molar-refractivity contribution in [2.75, 3.05) is 17.7 Å². The predicted octanol–water partition coefficient (Wildman–Crippen LogP) is 0.832. The van der Waals surface area contributed by atoms with Crippen molar-refractivity contribution in [2.24, 2.45) is 0 Å². The number of anilines is 2. The highest BCUT2D eigenvalue weighted by Gasteiger charge is 2.02. The van der Waals surface area contributed by atoms with Crippen molar-refractivity contribution in [3.63, 3.8) is 0 Å². The maximum Gasteiger partial charge on any atom is 0.211 e. The Morgan fingerprint density at radius 1 is 1.14 bits per heavy atom. The minimum Gasteiger partial charge on any atom is -0.497 e. The molecule has 0 spiro atoms. The molecule has 0 saturated heterocycles. The molecular weight excluding hydrogens is 184 g/mol. The number of hydrogen-bond acceptors (Lipinski definition) is 3. The summed E-state index contributed by atoms with van der Waals surface area (Å²) in [4.78, 5) is 20.5. The van der Waals surface area contributed by atoms with Crippen LogP contribution in [0.1, 0.15) is 0 Å². The summed E-state index contributed by atoms with van der Waals surface area (Å²) < 4.78 is 4.96. The van der Waals surface area contributed by atoms with Crippen molar-refractivity contribution in [1.29, 1.82) is 0 Å². The first-order valence-electron chi connectivity index (χ1n) is 3.90. The van der Waals surface area contributed by atoms with Gasteiger partial charge in [-0.05, 0) is 12.1 Å². The topological polar surface area (TPSA) is 67.4 Å². The third-order valence-corrected chi connectivity index (χ3v) is 1.66. The van der Waals surface area contributed by atoms with Crippen molar-refractivity contribution in [3.05, 3.63) is 18.2 Å². The van der Waals surface area contributed by atoms with Crippen LogP contribution in [-0.2, 0) is 9.59 Å². The molecule has 0 aliphatic heterocycles. The molecule has 0 aliphatic rings. The Labute approximate surface area is 81.1 Å².